The van der Waals surface area contributed by atoms with Crippen LogP contribution in [-0.4, -0.2) is 29.6 Å². The van der Waals surface area contributed by atoms with Gasteiger partial charge in [-0.2, -0.15) is 11.8 Å². The Hall–Kier alpha value is -0.190. The summed E-state index contributed by atoms with van der Waals surface area (Å²) >= 11 is 5.72. The van der Waals surface area contributed by atoms with Gasteiger partial charge in [-0.25, -0.2) is 0 Å². The molecule has 1 heterocycles. The van der Waals surface area contributed by atoms with Crippen LogP contribution in [0.4, 0.5) is 5.69 Å². The number of nitrogens with zero attached hydrogens (tertiary/aromatic N) is 1. The van der Waals surface area contributed by atoms with E-state index < -0.39 is 0 Å². The molecular weight excluding hydrogens is 332 g/mol. The molecule has 1 aliphatic heterocycles. The first-order valence-electron chi connectivity index (χ1n) is 7.38. The van der Waals surface area contributed by atoms with Crippen molar-refractivity contribution in [2.45, 2.75) is 50.8 Å². The molecular formula is C16H25BrN2S. The molecule has 4 heteroatoms. The molecule has 0 aromatic heterocycles. The van der Waals surface area contributed by atoms with Gasteiger partial charge in [0, 0.05) is 46.3 Å². The van der Waals surface area contributed by atoms with Gasteiger partial charge in [0.25, 0.3) is 0 Å². The van der Waals surface area contributed by atoms with E-state index in [0.29, 0.717) is 16.5 Å². The molecule has 2 rings (SSSR count). The molecule has 1 aliphatic rings. The molecule has 0 bridgehead atoms. The maximum atomic E-state index is 3.62. The highest BCUT2D eigenvalue weighted by Crippen LogP contribution is 2.32. The van der Waals surface area contributed by atoms with Crippen LogP contribution in [0.1, 0.15) is 33.3 Å². The van der Waals surface area contributed by atoms with Crippen LogP contribution in [0.2, 0.25) is 0 Å². The molecule has 1 aromatic carbocycles. The van der Waals surface area contributed by atoms with Gasteiger partial charge in [0.2, 0.25) is 0 Å². The fourth-order valence-electron chi connectivity index (χ4n) is 2.67. The van der Waals surface area contributed by atoms with Crippen LogP contribution in [0.5, 0.6) is 0 Å². The Bertz CT molecular complexity index is 440. The second-order valence-corrected chi connectivity index (χ2v) is 8.77. The van der Waals surface area contributed by atoms with E-state index >= 15 is 0 Å². The van der Waals surface area contributed by atoms with E-state index in [4.69, 9.17) is 0 Å². The fourth-order valence-corrected chi connectivity index (χ4v) is 4.34. The maximum absolute atomic E-state index is 3.62. The minimum Gasteiger partial charge on any atom is -0.369 e. The van der Waals surface area contributed by atoms with E-state index in [-0.39, 0.29) is 0 Å². The van der Waals surface area contributed by atoms with Crippen molar-refractivity contribution in [1.82, 2.24) is 5.32 Å². The lowest BCUT2D eigenvalue weighted by molar-refractivity contribution is 0.587. The average molecular weight is 357 g/mol. The molecule has 1 aromatic rings. The van der Waals surface area contributed by atoms with Crippen LogP contribution < -0.4 is 10.2 Å². The number of hydrogen-bond acceptors (Lipinski definition) is 3. The fraction of sp³-hybridized carbons (Fsp3) is 0.625. The Morgan fingerprint density at radius 1 is 1.30 bits per heavy atom. The third-order valence-electron chi connectivity index (χ3n) is 3.51. The van der Waals surface area contributed by atoms with Crippen LogP contribution in [0.25, 0.3) is 0 Å². The smallest absolute Gasteiger partial charge is 0.0423 e. The van der Waals surface area contributed by atoms with Crippen LogP contribution >= 0.6 is 27.7 Å². The molecule has 0 amide bonds. The summed E-state index contributed by atoms with van der Waals surface area (Å²) in [4.78, 5) is 2.55. The van der Waals surface area contributed by atoms with Crippen molar-refractivity contribution in [3.63, 3.8) is 0 Å². The van der Waals surface area contributed by atoms with Gasteiger partial charge < -0.3 is 10.2 Å². The lowest BCUT2D eigenvalue weighted by atomic mass is 10.1. The largest absolute Gasteiger partial charge is 0.369 e. The van der Waals surface area contributed by atoms with Crippen molar-refractivity contribution >= 4 is 33.4 Å². The molecule has 2 unspecified atom stereocenters. The van der Waals surface area contributed by atoms with Crippen molar-refractivity contribution in [2.75, 3.05) is 18.0 Å². The molecule has 2 atom stereocenters. The standard InChI is InChI=1S/C16H25BrN2S/c1-11(2)18-8-14-5-6-15(17)7-16(14)19-9-12(3)20-13(4)10-19/h5-7,11-13,18H,8-10H2,1-4H3. The number of halogens is 1. The maximum Gasteiger partial charge on any atom is 0.0423 e. The third-order valence-corrected chi connectivity index (χ3v) is 5.23. The summed E-state index contributed by atoms with van der Waals surface area (Å²) in [5.74, 6) is 0. The zero-order valence-electron chi connectivity index (χ0n) is 12.8. The first-order valence-corrected chi connectivity index (χ1v) is 9.11. The zero-order chi connectivity index (χ0) is 14.7. The monoisotopic (exact) mass is 356 g/mol. The summed E-state index contributed by atoms with van der Waals surface area (Å²) in [6.45, 7) is 12.3. The minimum absolute atomic E-state index is 0.515. The zero-order valence-corrected chi connectivity index (χ0v) is 15.2. The lowest BCUT2D eigenvalue weighted by Gasteiger charge is -2.37. The highest BCUT2D eigenvalue weighted by atomic mass is 79.9. The molecule has 20 heavy (non-hydrogen) atoms. The molecule has 112 valence electrons. The summed E-state index contributed by atoms with van der Waals surface area (Å²) in [7, 11) is 0. The summed E-state index contributed by atoms with van der Waals surface area (Å²) < 4.78 is 1.17. The van der Waals surface area contributed by atoms with Gasteiger partial charge >= 0.3 is 0 Å². The van der Waals surface area contributed by atoms with Gasteiger partial charge in [-0.1, -0.05) is 49.7 Å². The van der Waals surface area contributed by atoms with Crippen molar-refractivity contribution in [3.05, 3.63) is 28.2 Å². The summed E-state index contributed by atoms with van der Waals surface area (Å²) in [6.07, 6.45) is 0. The summed E-state index contributed by atoms with van der Waals surface area (Å²) in [6, 6.07) is 7.17. The molecule has 1 saturated heterocycles. The Morgan fingerprint density at radius 2 is 1.95 bits per heavy atom. The molecule has 0 saturated carbocycles. The van der Waals surface area contributed by atoms with Gasteiger partial charge in [0.05, 0.1) is 0 Å². The van der Waals surface area contributed by atoms with Gasteiger partial charge in [0.15, 0.2) is 0 Å². The van der Waals surface area contributed by atoms with E-state index in [1.165, 1.54) is 15.7 Å². The molecule has 0 spiro atoms. The van der Waals surface area contributed by atoms with Crippen LogP contribution in [0, 0.1) is 0 Å². The number of nitrogens with one attached hydrogen (secondary N) is 1. The van der Waals surface area contributed by atoms with Crippen molar-refractivity contribution < 1.29 is 0 Å². The molecule has 2 nitrogen and oxygen atoms in total. The summed E-state index contributed by atoms with van der Waals surface area (Å²) in [5, 5.41) is 4.93. The van der Waals surface area contributed by atoms with Crippen molar-refractivity contribution in [3.8, 4) is 0 Å². The van der Waals surface area contributed by atoms with Crippen molar-refractivity contribution in [2.24, 2.45) is 0 Å². The predicted octanol–water partition coefficient (Wildman–Crippen LogP) is 4.28. The van der Waals surface area contributed by atoms with E-state index in [1.807, 2.05) is 0 Å². The topological polar surface area (TPSA) is 15.3 Å². The van der Waals surface area contributed by atoms with E-state index in [0.717, 1.165) is 19.6 Å². The van der Waals surface area contributed by atoms with Gasteiger partial charge in [0.1, 0.15) is 0 Å². The average Bonchev–Trinajstić information content (AvgIpc) is 2.36. The quantitative estimate of drug-likeness (QED) is 0.866. The number of anilines is 1. The van der Waals surface area contributed by atoms with Gasteiger partial charge in [-0.3, -0.25) is 0 Å². The van der Waals surface area contributed by atoms with E-state index in [9.17, 15) is 0 Å². The third kappa shape index (κ3) is 4.40. The second kappa shape index (κ2) is 7.19. The van der Waals surface area contributed by atoms with E-state index in [2.05, 4.69) is 83.8 Å². The SMILES string of the molecule is CC(C)NCc1ccc(Br)cc1N1CC(C)SC(C)C1. The van der Waals surface area contributed by atoms with Crippen LogP contribution in [-0.2, 0) is 6.54 Å². The molecule has 0 aliphatic carbocycles. The molecule has 1 N–H and O–H groups in total. The van der Waals surface area contributed by atoms with E-state index in [1.54, 1.807) is 0 Å². The number of thioether (sulfide) groups is 1. The number of benzene rings is 1. The number of hydrogen-bond donors (Lipinski definition) is 1. The lowest BCUT2D eigenvalue weighted by Crippen LogP contribution is -2.41. The molecule has 0 radical (unpaired) electrons. The first-order chi connectivity index (χ1) is 9.45. The minimum atomic E-state index is 0.515. The van der Waals surface area contributed by atoms with Gasteiger partial charge in [-0.15, -0.1) is 0 Å². The Kier molecular flexibility index (Phi) is 5.82. The Morgan fingerprint density at radius 3 is 2.55 bits per heavy atom. The normalized spacial score (nSPS) is 23.4. The Labute approximate surface area is 135 Å². The highest BCUT2D eigenvalue weighted by Gasteiger charge is 2.24. The van der Waals surface area contributed by atoms with Crippen LogP contribution in [0.3, 0.4) is 0 Å². The molecule has 1 fully saturated rings. The Balaban J connectivity index is 2.21. The first kappa shape index (κ1) is 16.2. The van der Waals surface area contributed by atoms with Crippen LogP contribution in [0.15, 0.2) is 22.7 Å². The number of rotatable bonds is 4. The highest BCUT2D eigenvalue weighted by molar-refractivity contribution is 9.10. The van der Waals surface area contributed by atoms with Crippen molar-refractivity contribution in [1.29, 1.82) is 0 Å². The predicted molar refractivity (Wildman–Crippen MR) is 94.8 cm³/mol. The second-order valence-electron chi connectivity index (χ2n) is 5.97. The summed E-state index contributed by atoms with van der Waals surface area (Å²) in [5.41, 5.74) is 2.78. The van der Waals surface area contributed by atoms with Gasteiger partial charge in [-0.05, 0) is 17.7 Å².